The molecule has 35 heavy (non-hydrogen) atoms. The molecule has 178 valence electrons. The Morgan fingerprint density at radius 2 is 1.71 bits per heavy atom. The highest BCUT2D eigenvalue weighted by atomic mass is 16.5. The van der Waals surface area contributed by atoms with Gasteiger partial charge in [-0.3, -0.25) is 4.79 Å². The van der Waals surface area contributed by atoms with Gasteiger partial charge in [0, 0.05) is 24.2 Å². The molecule has 1 amide bonds. The summed E-state index contributed by atoms with van der Waals surface area (Å²) in [7, 11) is 0. The van der Waals surface area contributed by atoms with E-state index >= 15 is 0 Å². The average Bonchev–Trinajstić information content (AvgIpc) is 3.33. The Morgan fingerprint density at radius 3 is 2.43 bits per heavy atom. The van der Waals surface area contributed by atoms with E-state index in [-0.39, 0.29) is 11.5 Å². The molecule has 4 aromatic rings. The van der Waals surface area contributed by atoms with Crippen molar-refractivity contribution >= 4 is 22.9 Å². The number of hydrogen-bond acceptors (Lipinski definition) is 4. The number of hydrogen-bond donors (Lipinski definition) is 2. The van der Waals surface area contributed by atoms with Gasteiger partial charge in [0.05, 0.1) is 23.2 Å². The molecule has 0 spiro atoms. The summed E-state index contributed by atoms with van der Waals surface area (Å²) in [5.41, 5.74) is 3.29. The quantitative estimate of drug-likeness (QED) is 0.385. The van der Waals surface area contributed by atoms with Gasteiger partial charge in [-0.15, -0.1) is 0 Å². The van der Waals surface area contributed by atoms with E-state index in [1.54, 1.807) is 18.2 Å². The fourth-order valence-corrected chi connectivity index (χ4v) is 4.52. The van der Waals surface area contributed by atoms with Gasteiger partial charge in [0.2, 0.25) is 0 Å². The van der Waals surface area contributed by atoms with Crippen LogP contribution in [0.5, 0.6) is 5.75 Å². The third-order valence-electron chi connectivity index (χ3n) is 6.58. The van der Waals surface area contributed by atoms with Crippen LogP contribution < -0.4 is 4.74 Å². The van der Waals surface area contributed by atoms with E-state index < -0.39 is 5.97 Å². The predicted molar refractivity (Wildman–Crippen MR) is 134 cm³/mol. The number of fused-ring (bicyclic) bond motifs is 1. The van der Waals surface area contributed by atoms with Crippen molar-refractivity contribution in [1.82, 2.24) is 14.9 Å². The zero-order chi connectivity index (χ0) is 24.2. The van der Waals surface area contributed by atoms with Crippen LogP contribution in [0.3, 0.4) is 0 Å². The van der Waals surface area contributed by atoms with Gasteiger partial charge in [-0.2, -0.15) is 0 Å². The van der Waals surface area contributed by atoms with E-state index in [0.29, 0.717) is 23.9 Å². The Morgan fingerprint density at radius 1 is 0.971 bits per heavy atom. The highest BCUT2D eigenvalue weighted by Crippen LogP contribution is 2.25. The fourth-order valence-electron chi connectivity index (χ4n) is 4.52. The van der Waals surface area contributed by atoms with Crippen LogP contribution in [-0.4, -0.2) is 51.5 Å². The van der Waals surface area contributed by atoms with E-state index in [1.165, 1.54) is 0 Å². The molecule has 1 fully saturated rings. The molecule has 7 nitrogen and oxygen atoms in total. The van der Waals surface area contributed by atoms with Crippen molar-refractivity contribution in [3.8, 4) is 17.1 Å². The molecule has 7 heteroatoms. The van der Waals surface area contributed by atoms with Crippen LogP contribution in [0.15, 0.2) is 72.8 Å². The van der Waals surface area contributed by atoms with Crippen molar-refractivity contribution in [2.75, 3.05) is 19.7 Å². The maximum atomic E-state index is 12.6. The third-order valence-corrected chi connectivity index (χ3v) is 6.58. The van der Waals surface area contributed by atoms with Crippen LogP contribution in [0.25, 0.3) is 22.4 Å². The smallest absolute Gasteiger partial charge is 0.335 e. The van der Waals surface area contributed by atoms with Crippen LogP contribution in [0, 0.1) is 5.92 Å². The van der Waals surface area contributed by atoms with Gasteiger partial charge in [0.15, 0.2) is 0 Å². The number of ether oxygens (including phenoxy) is 1. The first-order valence-corrected chi connectivity index (χ1v) is 11.9. The molecule has 2 N–H and O–H groups in total. The van der Waals surface area contributed by atoms with Gasteiger partial charge in [-0.1, -0.05) is 18.2 Å². The number of carbonyl (C=O) groups excluding carboxylic acids is 1. The van der Waals surface area contributed by atoms with E-state index in [0.717, 1.165) is 54.7 Å². The molecule has 0 unspecified atom stereocenters. The first-order valence-electron chi connectivity index (χ1n) is 11.9. The summed E-state index contributed by atoms with van der Waals surface area (Å²) in [6.07, 6.45) is 2.96. The minimum Gasteiger partial charge on any atom is -0.494 e. The van der Waals surface area contributed by atoms with Crippen molar-refractivity contribution in [3.05, 3.63) is 83.9 Å². The normalized spacial score (nSPS) is 14.2. The number of nitrogens with one attached hydrogen (secondary N) is 1. The van der Waals surface area contributed by atoms with Crippen LogP contribution in [0.1, 0.15) is 40.0 Å². The Bertz CT molecular complexity index is 1320. The molecular formula is C28H27N3O4. The molecule has 0 atom stereocenters. The molecule has 2 heterocycles. The molecular weight excluding hydrogens is 442 g/mol. The van der Waals surface area contributed by atoms with Crippen LogP contribution in [-0.2, 0) is 0 Å². The molecule has 0 bridgehead atoms. The Kier molecular flexibility index (Phi) is 6.48. The van der Waals surface area contributed by atoms with Gasteiger partial charge in [-0.25, -0.2) is 9.78 Å². The van der Waals surface area contributed by atoms with E-state index in [2.05, 4.69) is 9.97 Å². The fraction of sp³-hybridized carbons (Fsp3) is 0.250. The molecule has 0 radical (unpaired) electrons. The molecule has 5 rings (SSSR count). The molecule has 3 aromatic carbocycles. The topological polar surface area (TPSA) is 95.5 Å². The lowest BCUT2D eigenvalue weighted by atomic mass is 9.93. The molecule has 0 aliphatic carbocycles. The molecule has 1 aliphatic heterocycles. The summed E-state index contributed by atoms with van der Waals surface area (Å²) < 4.78 is 5.97. The monoisotopic (exact) mass is 469 g/mol. The number of aromatic nitrogens is 2. The number of imidazole rings is 1. The second kappa shape index (κ2) is 10.0. The Labute approximate surface area is 203 Å². The number of aromatic amines is 1. The highest BCUT2D eigenvalue weighted by Gasteiger charge is 2.23. The zero-order valence-electron chi connectivity index (χ0n) is 19.3. The number of benzene rings is 3. The van der Waals surface area contributed by atoms with Crippen molar-refractivity contribution in [3.63, 3.8) is 0 Å². The Balaban J connectivity index is 1.11. The first-order chi connectivity index (χ1) is 17.1. The highest BCUT2D eigenvalue weighted by molar-refractivity contribution is 5.94. The zero-order valence-corrected chi connectivity index (χ0v) is 19.3. The summed E-state index contributed by atoms with van der Waals surface area (Å²) in [5, 5.41) is 9.16. The molecule has 0 saturated carbocycles. The maximum Gasteiger partial charge on any atom is 0.335 e. The number of H-pyrrole nitrogens is 1. The number of nitrogens with zero attached hydrogens (tertiary/aromatic N) is 2. The minimum atomic E-state index is -0.968. The van der Waals surface area contributed by atoms with Crippen molar-refractivity contribution in [2.45, 2.75) is 19.3 Å². The molecule has 1 saturated heterocycles. The van der Waals surface area contributed by atoms with Gasteiger partial charge in [0.25, 0.3) is 5.91 Å². The SMILES string of the molecule is O=C(O)c1ccc2[nH]c(-c3ccc(OCCC4CCN(C(=O)c5ccccc5)CC4)cc3)nc2c1. The number of carboxylic acid groups (broad SMARTS) is 1. The van der Waals surface area contributed by atoms with Crippen LogP contribution in [0.4, 0.5) is 0 Å². The lowest BCUT2D eigenvalue weighted by Gasteiger charge is -2.32. The average molecular weight is 470 g/mol. The van der Waals surface area contributed by atoms with Gasteiger partial charge < -0.3 is 19.7 Å². The van der Waals surface area contributed by atoms with E-state index in [4.69, 9.17) is 9.84 Å². The first kappa shape index (κ1) is 22.7. The van der Waals surface area contributed by atoms with Crippen LogP contribution in [0.2, 0.25) is 0 Å². The number of carbonyl (C=O) groups is 2. The number of likely N-dealkylation sites (tertiary alicyclic amines) is 1. The standard InChI is InChI=1S/C28H27N3O4/c32-27(21-4-2-1-3-5-21)31-15-12-19(13-16-31)14-17-35-23-9-6-20(7-10-23)26-29-24-11-8-22(28(33)34)18-25(24)30-26/h1-11,18-19H,12-17H2,(H,29,30)(H,33,34). The summed E-state index contributed by atoms with van der Waals surface area (Å²) >= 11 is 0. The minimum absolute atomic E-state index is 0.118. The van der Waals surface area contributed by atoms with Crippen molar-refractivity contribution < 1.29 is 19.4 Å². The van der Waals surface area contributed by atoms with E-state index in [1.807, 2.05) is 59.5 Å². The lowest BCUT2D eigenvalue weighted by molar-refractivity contribution is 0.0676. The number of amides is 1. The summed E-state index contributed by atoms with van der Waals surface area (Å²) in [6.45, 7) is 2.22. The largest absolute Gasteiger partial charge is 0.494 e. The number of carboxylic acids is 1. The lowest BCUT2D eigenvalue weighted by Crippen LogP contribution is -2.38. The summed E-state index contributed by atoms with van der Waals surface area (Å²) in [4.78, 5) is 33.5. The number of rotatable bonds is 7. The van der Waals surface area contributed by atoms with Crippen molar-refractivity contribution in [2.24, 2.45) is 5.92 Å². The second-order valence-corrected chi connectivity index (χ2v) is 8.89. The third kappa shape index (κ3) is 5.19. The van der Waals surface area contributed by atoms with Gasteiger partial charge in [-0.05, 0) is 79.8 Å². The molecule has 1 aromatic heterocycles. The summed E-state index contributed by atoms with van der Waals surface area (Å²) in [5.74, 6) is 1.19. The number of piperidine rings is 1. The predicted octanol–water partition coefficient (Wildman–Crippen LogP) is 5.25. The second-order valence-electron chi connectivity index (χ2n) is 8.89. The maximum absolute atomic E-state index is 12.6. The van der Waals surface area contributed by atoms with Crippen molar-refractivity contribution in [1.29, 1.82) is 0 Å². The van der Waals surface area contributed by atoms with Gasteiger partial charge in [0.1, 0.15) is 11.6 Å². The van der Waals surface area contributed by atoms with Crippen LogP contribution >= 0.6 is 0 Å². The summed E-state index contributed by atoms with van der Waals surface area (Å²) in [6, 6.07) is 22.1. The van der Waals surface area contributed by atoms with E-state index in [9.17, 15) is 9.59 Å². The number of aromatic carboxylic acids is 1. The Hall–Kier alpha value is -4.13. The van der Waals surface area contributed by atoms with Gasteiger partial charge >= 0.3 is 5.97 Å². The molecule has 1 aliphatic rings.